The van der Waals surface area contributed by atoms with Crippen molar-refractivity contribution in [3.63, 3.8) is 0 Å². The fraction of sp³-hybridized carbons (Fsp3) is 0.294. The average molecular weight is 917 g/mol. The van der Waals surface area contributed by atoms with Gasteiger partial charge in [0.1, 0.15) is 39.9 Å². The van der Waals surface area contributed by atoms with Crippen LogP contribution in [0, 0.1) is 12.7 Å². The second kappa shape index (κ2) is 17.6. The van der Waals surface area contributed by atoms with Crippen molar-refractivity contribution in [3.8, 4) is 33.8 Å². The van der Waals surface area contributed by atoms with Gasteiger partial charge in [-0.1, -0.05) is 54.6 Å². The maximum atomic E-state index is 15.5. The van der Waals surface area contributed by atoms with Crippen molar-refractivity contribution in [1.29, 1.82) is 0 Å². The number of halogens is 7. The van der Waals surface area contributed by atoms with Gasteiger partial charge in [-0.05, 0) is 108 Å². The van der Waals surface area contributed by atoms with Gasteiger partial charge >= 0.3 is 24.3 Å². The van der Waals surface area contributed by atoms with Crippen LogP contribution in [0.3, 0.4) is 0 Å². The lowest BCUT2D eigenvalue weighted by molar-refractivity contribution is -0.138. The van der Waals surface area contributed by atoms with Gasteiger partial charge in [-0.25, -0.2) is 14.0 Å². The van der Waals surface area contributed by atoms with Gasteiger partial charge < -0.3 is 28.5 Å². The number of esters is 2. The molecule has 15 heteroatoms. The van der Waals surface area contributed by atoms with Crippen molar-refractivity contribution in [3.05, 3.63) is 142 Å². The summed E-state index contributed by atoms with van der Waals surface area (Å²) in [4.78, 5) is 31.5. The van der Waals surface area contributed by atoms with Crippen molar-refractivity contribution in [2.45, 2.75) is 84.5 Å². The van der Waals surface area contributed by atoms with Gasteiger partial charge in [-0.3, -0.25) is 0 Å². The van der Waals surface area contributed by atoms with Crippen LogP contribution in [-0.4, -0.2) is 46.9 Å². The van der Waals surface area contributed by atoms with Gasteiger partial charge in [0, 0.05) is 49.6 Å². The minimum absolute atomic E-state index is 0.0224. The molecule has 0 saturated heterocycles. The normalized spacial score (nSPS) is 12.5. The van der Waals surface area contributed by atoms with E-state index in [1.165, 1.54) is 63.0 Å². The summed E-state index contributed by atoms with van der Waals surface area (Å²) in [5, 5.41) is 0.0863. The van der Waals surface area contributed by atoms with Crippen molar-refractivity contribution < 1.29 is 59.3 Å². The summed E-state index contributed by atoms with van der Waals surface area (Å²) in [6.45, 7) is 9.44. The quantitative estimate of drug-likeness (QED) is 0.0970. The Bertz CT molecular complexity index is 2990. The zero-order valence-electron chi connectivity index (χ0n) is 37.4. The van der Waals surface area contributed by atoms with E-state index >= 15 is 17.6 Å². The topological polar surface area (TPSA) is 91.8 Å². The number of hydrogen-bond acceptors (Lipinski definition) is 6. The number of benzene rings is 5. The molecule has 2 aromatic heterocycles. The molecule has 0 amide bonds. The summed E-state index contributed by atoms with van der Waals surface area (Å²) < 4.78 is 128. The zero-order chi connectivity index (χ0) is 48.1. The van der Waals surface area contributed by atoms with Crippen LogP contribution in [0.2, 0.25) is 0 Å². The third-order valence-corrected chi connectivity index (χ3v) is 11.2. The Kier molecular flexibility index (Phi) is 12.6. The van der Waals surface area contributed by atoms with Crippen LogP contribution in [0.25, 0.3) is 44.1 Å². The molecule has 0 atom stereocenters. The molecule has 7 aromatic rings. The van der Waals surface area contributed by atoms with Crippen LogP contribution in [0.4, 0.5) is 30.7 Å². The van der Waals surface area contributed by atoms with Gasteiger partial charge in [0.15, 0.2) is 0 Å². The van der Waals surface area contributed by atoms with Gasteiger partial charge in [-0.2, -0.15) is 26.3 Å². The Labute approximate surface area is 376 Å². The lowest BCUT2D eigenvalue weighted by atomic mass is 9.92. The summed E-state index contributed by atoms with van der Waals surface area (Å²) >= 11 is 0. The molecule has 0 saturated carbocycles. The molecule has 0 fully saturated rings. The molecule has 66 heavy (non-hydrogen) atoms. The largest absolute Gasteiger partial charge is 0.496 e. The maximum absolute atomic E-state index is 15.5. The van der Waals surface area contributed by atoms with E-state index in [1.54, 1.807) is 76.2 Å². The molecule has 0 unspecified atom stereocenters. The predicted octanol–water partition coefficient (Wildman–Crippen LogP) is 13.5. The summed E-state index contributed by atoms with van der Waals surface area (Å²) in [5.41, 5.74) is -3.11. The molecular weight excluding hydrogens is 870 g/mol. The highest BCUT2D eigenvalue weighted by Crippen LogP contribution is 2.46. The number of nitrogens with one attached hydrogen (secondary N) is 1. The van der Waals surface area contributed by atoms with E-state index in [4.69, 9.17) is 18.9 Å². The molecule has 5 aromatic carbocycles. The van der Waals surface area contributed by atoms with E-state index in [0.29, 0.717) is 22.4 Å². The highest BCUT2D eigenvalue weighted by atomic mass is 19.4. The highest BCUT2D eigenvalue weighted by Gasteiger charge is 2.38. The lowest BCUT2D eigenvalue weighted by Crippen LogP contribution is -2.29. The predicted molar refractivity (Wildman–Crippen MR) is 237 cm³/mol. The number of rotatable bonds is 12. The number of aromatic amines is 1. The average Bonchev–Trinajstić information content (AvgIpc) is 3.77. The highest BCUT2D eigenvalue weighted by molar-refractivity contribution is 6.11. The molecule has 0 radical (unpaired) electrons. The second-order valence-electron chi connectivity index (χ2n) is 17.6. The minimum Gasteiger partial charge on any atom is -0.496 e. The van der Waals surface area contributed by atoms with Crippen LogP contribution in [0.5, 0.6) is 11.5 Å². The number of aryl methyl sites for hydroxylation is 2. The molecule has 8 nitrogen and oxygen atoms in total. The van der Waals surface area contributed by atoms with Crippen LogP contribution >= 0.6 is 0 Å². The molecule has 0 aliphatic heterocycles. The smallest absolute Gasteiger partial charge is 0.416 e. The fourth-order valence-electron chi connectivity index (χ4n) is 8.24. The number of carbonyl (C=O) groups excluding carboxylic acids is 2. The van der Waals surface area contributed by atoms with Gasteiger partial charge in [0.2, 0.25) is 0 Å². The molecule has 0 aliphatic rings. The zero-order valence-corrected chi connectivity index (χ0v) is 37.4. The van der Waals surface area contributed by atoms with E-state index in [9.17, 15) is 22.8 Å². The van der Waals surface area contributed by atoms with E-state index in [1.807, 2.05) is 0 Å². The maximum Gasteiger partial charge on any atom is 0.416 e. The Morgan fingerprint density at radius 3 is 2.02 bits per heavy atom. The summed E-state index contributed by atoms with van der Waals surface area (Å²) in [5.74, 6) is -1.88. The van der Waals surface area contributed by atoms with Gasteiger partial charge in [-0.15, -0.1) is 0 Å². The Balaban J connectivity index is 1.36. The molecular formula is C51H47F7N2O6. The summed E-state index contributed by atoms with van der Waals surface area (Å²) in [7, 11) is 2.78. The van der Waals surface area contributed by atoms with Crippen molar-refractivity contribution in [1.82, 2.24) is 9.55 Å². The number of hydrogen-bond donors (Lipinski definition) is 1. The Morgan fingerprint density at radius 1 is 0.682 bits per heavy atom. The molecule has 7 rings (SSSR count). The second-order valence-corrected chi connectivity index (χ2v) is 17.6. The van der Waals surface area contributed by atoms with Crippen LogP contribution in [0.15, 0.2) is 97.1 Å². The SMILES string of the molecule is COc1ccccc1-c1c(C(=O)OC(C)(C)CCc2cc3c(cc2C(F)(F)F)c(-c2cccc(C)c2OC)c(C(=O)OC(C)(C)C)n3Cc2ccccc2F)[nH]c2ccc(C(F)(F)F)cc12. The first-order valence-corrected chi connectivity index (χ1v) is 20.9. The molecule has 0 spiro atoms. The first kappa shape index (κ1) is 47.2. The standard InChI is InChI=1S/C51H47F7N2O6/c1-28-14-13-17-33(45(28)64-8)42-35-26-36(51(56,57)58)29(24-39(35)60(27-30-15-9-11-18-37(30)52)44(42)47(62)65-48(2,3)4)22-23-49(5,6)66-46(61)43-41(32-16-10-12-19-40(32)63-7)34-25-31(50(53,54)55)20-21-38(34)59-43/h9-21,24-26,59H,22-23,27H2,1-8H3. The van der Waals surface area contributed by atoms with Crippen LogP contribution < -0.4 is 9.47 Å². The van der Waals surface area contributed by atoms with E-state index in [0.717, 1.165) is 18.2 Å². The number of carbonyl (C=O) groups is 2. The fourth-order valence-corrected chi connectivity index (χ4v) is 8.24. The Morgan fingerprint density at radius 2 is 1.36 bits per heavy atom. The minimum atomic E-state index is -4.93. The van der Waals surface area contributed by atoms with Gasteiger partial charge in [0.05, 0.1) is 31.9 Å². The molecule has 2 heterocycles. The number of para-hydroxylation sites is 2. The van der Waals surface area contributed by atoms with Crippen molar-refractivity contribution >= 4 is 33.7 Å². The number of H-pyrrole nitrogens is 1. The molecule has 1 N–H and O–H groups in total. The number of fused-ring (bicyclic) bond motifs is 2. The summed E-state index contributed by atoms with van der Waals surface area (Å²) in [6, 6.07) is 22.6. The third-order valence-electron chi connectivity index (χ3n) is 11.2. The van der Waals surface area contributed by atoms with Crippen molar-refractivity contribution in [2.75, 3.05) is 14.2 Å². The monoisotopic (exact) mass is 916 g/mol. The lowest BCUT2D eigenvalue weighted by Gasteiger charge is -2.26. The number of aromatic nitrogens is 2. The van der Waals surface area contributed by atoms with Crippen LogP contribution in [0.1, 0.15) is 89.8 Å². The molecule has 0 aliphatic carbocycles. The van der Waals surface area contributed by atoms with Gasteiger partial charge in [0.25, 0.3) is 0 Å². The van der Waals surface area contributed by atoms with Crippen LogP contribution in [-0.2, 0) is 34.8 Å². The summed E-state index contributed by atoms with van der Waals surface area (Å²) in [6.07, 6.45) is -10.1. The number of ether oxygens (including phenoxy) is 4. The van der Waals surface area contributed by atoms with E-state index < -0.39 is 52.4 Å². The van der Waals surface area contributed by atoms with Crippen molar-refractivity contribution in [2.24, 2.45) is 0 Å². The first-order chi connectivity index (χ1) is 30.9. The van der Waals surface area contributed by atoms with E-state index in [2.05, 4.69) is 4.98 Å². The number of alkyl halides is 6. The molecule has 0 bridgehead atoms. The number of nitrogens with zero attached hydrogens (tertiary/aromatic N) is 1. The number of methoxy groups -OCH3 is 2. The molecule has 346 valence electrons. The Hall–Kier alpha value is -6.77. The third kappa shape index (κ3) is 9.47. The van der Waals surface area contributed by atoms with E-state index in [-0.39, 0.29) is 80.6 Å². The first-order valence-electron chi connectivity index (χ1n) is 20.9.